The van der Waals surface area contributed by atoms with Crippen LogP contribution in [0.3, 0.4) is 0 Å². The number of nitrogens with one attached hydrogen (secondary N) is 2. The maximum Gasteiger partial charge on any atom is 0.490 e. The Morgan fingerprint density at radius 2 is 1.56 bits per heavy atom. The molecule has 0 aliphatic carbocycles. The Hall–Kier alpha value is -3.53. The van der Waals surface area contributed by atoms with Crippen LogP contribution in [-0.2, 0) is 47.9 Å². The Balaban J connectivity index is 1.17. The van der Waals surface area contributed by atoms with Gasteiger partial charge in [-0.05, 0) is 0 Å². The number of ether oxygens (including phenoxy) is 2. The third-order valence-corrected chi connectivity index (χ3v) is 11.4. The minimum atomic E-state index is -5.99. The van der Waals surface area contributed by atoms with Gasteiger partial charge in [0.1, 0.15) is 31.0 Å². The van der Waals surface area contributed by atoms with Crippen molar-refractivity contribution < 1.29 is 80.5 Å². The van der Waals surface area contributed by atoms with E-state index in [1.165, 1.54) is 17.9 Å². The van der Waals surface area contributed by atoms with Gasteiger partial charge in [-0.15, -0.1) is 0 Å². The smallest absolute Gasteiger partial charge is 0.394 e. The molecule has 1 saturated heterocycles. The molecule has 4 aromatic rings. The molecule has 4 aromatic heterocycles. The van der Waals surface area contributed by atoms with Crippen LogP contribution in [0.5, 0.6) is 0 Å². The zero-order chi connectivity index (χ0) is 38.3. The molecule has 3 unspecified atom stereocenters. The second-order valence-electron chi connectivity index (χ2n) is 10.8. The van der Waals surface area contributed by atoms with Crippen LogP contribution in [0, 0.1) is 0 Å². The van der Waals surface area contributed by atoms with E-state index < -0.39 is 97.9 Å². The number of aryl methyl sites for hydroxylation is 1. The van der Waals surface area contributed by atoms with Crippen LogP contribution in [0.25, 0.3) is 22.3 Å². The van der Waals surface area contributed by atoms with Crippen molar-refractivity contribution in [2.75, 3.05) is 37.9 Å². The van der Waals surface area contributed by atoms with E-state index in [9.17, 15) is 58.4 Å². The number of nitrogens with two attached hydrogens (primary N) is 2. The zero-order valence-electron chi connectivity index (χ0n) is 26.2. The van der Waals surface area contributed by atoms with Crippen LogP contribution in [0.4, 0.5) is 11.9 Å². The van der Waals surface area contributed by atoms with Crippen molar-refractivity contribution in [2.24, 2.45) is 7.05 Å². The normalized spacial score (nSPS) is 24.1. The van der Waals surface area contributed by atoms with Gasteiger partial charge in [0.15, 0.2) is 17.4 Å². The number of aromatic nitrogens is 8. The quantitative estimate of drug-likeness (QED) is 0.0377. The molecule has 1 aliphatic rings. The van der Waals surface area contributed by atoms with Gasteiger partial charge in [-0.3, -0.25) is 33.2 Å². The fourth-order valence-corrected chi connectivity index (χ4v) is 8.47. The number of aliphatic hydroxyl groups excluding tert-OH is 4. The maximum atomic E-state index is 12.5. The summed E-state index contributed by atoms with van der Waals surface area (Å²) in [4.78, 5) is 70.5. The largest absolute Gasteiger partial charge is 0.490 e. The molecule has 13 N–H and O–H groups in total. The van der Waals surface area contributed by atoms with E-state index in [0.29, 0.717) is 0 Å². The van der Waals surface area contributed by atoms with Gasteiger partial charge >= 0.3 is 29.0 Å². The molecular weight excluding hydrogens is 773 g/mol. The van der Waals surface area contributed by atoms with Gasteiger partial charge in [0.25, 0.3) is 16.7 Å². The maximum absolute atomic E-state index is 12.5. The van der Waals surface area contributed by atoms with Gasteiger partial charge in [-0.25, -0.2) is 23.2 Å². The highest BCUT2D eigenvalue weighted by molar-refractivity contribution is 7.66. The van der Waals surface area contributed by atoms with Crippen LogP contribution in [0.1, 0.15) is 12.5 Å². The number of phosphoric acid groups is 3. The third kappa shape index (κ3) is 8.64. The van der Waals surface area contributed by atoms with Crippen molar-refractivity contribution in [3.8, 4) is 0 Å². The summed E-state index contributed by atoms with van der Waals surface area (Å²) in [6.45, 7) is -3.89. The van der Waals surface area contributed by atoms with Gasteiger partial charge in [0.05, 0.1) is 33.2 Å². The van der Waals surface area contributed by atoms with Crippen LogP contribution in [0.2, 0.25) is 0 Å². The van der Waals surface area contributed by atoms with E-state index in [1.807, 2.05) is 0 Å². The molecule has 9 atom stereocenters. The standard InChI is InChI=1S/C21H31N10O18P3/c1-29-7-31(16-12(29)18(37)28-21(23)26-16)10(3-33)46-8(2-32)4-44-50(38,39)48-52(42,43)49-51(40,41)45-5-9-13(34)14(35)19(47-9)30-6-24-11-15(30)25-20(22)27-17(11)36/h6-10,13-14,19,32-35H,2-5H2,1H3,(H8-,22,23,25,26,27,28,36,37,38,39,40,41,42,43)/p+1/t8-,9+,10+,13+,14+,19+/m0/s1. The number of aliphatic hydroxyl groups is 4. The summed E-state index contributed by atoms with van der Waals surface area (Å²) in [5.74, 6) is -0.584. The third-order valence-electron chi connectivity index (χ3n) is 7.11. The average Bonchev–Trinajstić information content (AvgIpc) is 3.68. The second-order valence-corrected chi connectivity index (χ2v) is 15.5. The molecule has 288 valence electrons. The minimum Gasteiger partial charge on any atom is -0.394 e. The molecule has 0 spiro atoms. The second kappa shape index (κ2) is 15.1. The first-order valence-electron chi connectivity index (χ1n) is 14.3. The highest BCUT2D eigenvalue weighted by atomic mass is 31.3. The number of phosphoric ester groups is 2. The van der Waals surface area contributed by atoms with Crippen LogP contribution >= 0.6 is 23.5 Å². The van der Waals surface area contributed by atoms with Crippen LogP contribution < -0.4 is 27.2 Å². The minimum absolute atomic E-state index is 0.0180. The highest BCUT2D eigenvalue weighted by Gasteiger charge is 2.47. The van der Waals surface area contributed by atoms with Crippen LogP contribution in [0.15, 0.2) is 22.2 Å². The van der Waals surface area contributed by atoms with Crippen LogP contribution in [-0.4, -0.2) is 120 Å². The van der Waals surface area contributed by atoms with E-state index in [2.05, 4.69) is 42.6 Å². The Bertz CT molecular complexity index is 2210. The number of nitrogen functional groups attached to an aromatic ring is 2. The molecule has 0 saturated carbocycles. The fraction of sp³-hybridized carbons (Fsp3) is 0.524. The first-order valence-corrected chi connectivity index (χ1v) is 18.8. The number of rotatable bonds is 16. The number of imidazole rings is 2. The molecule has 5 rings (SSSR count). The molecule has 5 heterocycles. The lowest BCUT2D eigenvalue weighted by Gasteiger charge is -2.22. The average molecular weight is 805 g/mol. The summed E-state index contributed by atoms with van der Waals surface area (Å²) in [7, 11) is -15.9. The number of fused-ring (bicyclic) bond motifs is 2. The first-order chi connectivity index (χ1) is 24.2. The lowest BCUT2D eigenvalue weighted by Crippen LogP contribution is -2.33. The van der Waals surface area contributed by atoms with E-state index in [0.717, 1.165) is 15.5 Å². The molecule has 1 aliphatic heterocycles. The lowest BCUT2D eigenvalue weighted by molar-refractivity contribution is -0.646. The molecule has 0 aromatic carbocycles. The van der Waals surface area contributed by atoms with Gasteiger partial charge in [-0.1, -0.05) is 0 Å². The number of hydrogen-bond donors (Lipinski definition) is 11. The number of nitrogens with zero attached hydrogens (tertiary/aromatic N) is 6. The van der Waals surface area contributed by atoms with Gasteiger partial charge in [0.2, 0.25) is 24.5 Å². The van der Waals surface area contributed by atoms with Crippen molar-refractivity contribution in [1.29, 1.82) is 0 Å². The first kappa shape index (κ1) is 39.7. The Labute approximate surface area is 287 Å². The molecule has 0 bridgehead atoms. The summed E-state index contributed by atoms with van der Waals surface area (Å²) in [5.41, 5.74) is 9.39. The predicted octanol–water partition coefficient (Wildman–Crippen LogP) is -4.30. The van der Waals surface area contributed by atoms with E-state index >= 15 is 0 Å². The van der Waals surface area contributed by atoms with Crippen molar-refractivity contribution in [1.82, 2.24) is 34.1 Å². The SMILES string of the molecule is C[n+]1cn([C@@H](CO)O[C@@H](CO)COP(=O)(O)OP(=O)(O)OP(=O)(O)OC[C@H]2O[C@@H](n3cnc4c(=O)[nH]c(N)nc43)[C@H](O)[C@@H]2O)c2nc(N)[nH]c(=O)c21. The summed E-state index contributed by atoms with van der Waals surface area (Å²) < 4.78 is 69.0. The Morgan fingerprint density at radius 1 is 0.942 bits per heavy atom. The van der Waals surface area contributed by atoms with E-state index in [4.69, 9.17) is 20.9 Å². The number of hydrogen-bond acceptors (Lipinski definition) is 20. The van der Waals surface area contributed by atoms with Crippen molar-refractivity contribution in [3.05, 3.63) is 33.4 Å². The number of aromatic amines is 2. The van der Waals surface area contributed by atoms with Crippen molar-refractivity contribution in [3.63, 3.8) is 0 Å². The summed E-state index contributed by atoms with van der Waals surface area (Å²) in [6.07, 6.45) is -7.33. The number of anilines is 2. The highest BCUT2D eigenvalue weighted by Crippen LogP contribution is 2.67. The molecular formula is C21H32N10O18P3+. The Morgan fingerprint density at radius 3 is 2.19 bits per heavy atom. The fourth-order valence-electron chi connectivity index (χ4n) is 4.93. The molecule has 0 amide bonds. The summed E-state index contributed by atoms with van der Waals surface area (Å²) in [5, 5.41) is 40.6. The van der Waals surface area contributed by atoms with Crippen molar-refractivity contribution >= 4 is 57.7 Å². The predicted molar refractivity (Wildman–Crippen MR) is 166 cm³/mol. The molecule has 28 nitrogen and oxygen atoms in total. The summed E-state index contributed by atoms with van der Waals surface area (Å²) >= 11 is 0. The van der Waals surface area contributed by atoms with E-state index in [1.54, 1.807) is 0 Å². The molecule has 52 heavy (non-hydrogen) atoms. The number of H-pyrrole nitrogens is 2. The Kier molecular flexibility index (Phi) is 11.5. The van der Waals surface area contributed by atoms with E-state index in [-0.39, 0.29) is 34.2 Å². The summed E-state index contributed by atoms with van der Waals surface area (Å²) in [6, 6.07) is 0. The van der Waals surface area contributed by atoms with Gasteiger partial charge in [-0.2, -0.15) is 23.2 Å². The van der Waals surface area contributed by atoms with Gasteiger partial charge in [0, 0.05) is 0 Å². The zero-order valence-corrected chi connectivity index (χ0v) is 28.9. The van der Waals surface area contributed by atoms with Gasteiger partial charge < -0.3 is 56.0 Å². The molecule has 1 fully saturated rings. The monoisotopic (exact) mass is 805 g/mol. The molecule has 31 heteroatoms. The van der Waals surface area contributed by atoms with Crippen molar-refractivity contribution in [2.45, 2.75) is 36.9 Å². The topological polar surface area (TPSA) is 418 Å². The molecule has 0 radical (unpaired) electrons. The lowest BCUT2D eigenvalue weighted by atomic mass is 10.1.